The average molecular weight is 402 g/mol. The summed E-state index contributed by atoms with van der Waals surface area (Å²) in [6.45, 7) is 9.38. The lowest BCUT2D eigenvalue weighted by atomic mass is 9.77. The van der Waals surface area contributed by atoms with Gasteiger partial charge >= 0.3 is 7.25 Å². The van der Waals surface area contributed by atoms with Gasteiger partial charge in [0, 0.05) is 0 Å². The molecule has 0 saturated heterocycles. The van der Waals surface area contributed by atoms with Gasteiger partial charge in [0.2, 0.25) is 0 Å². The summed E-state index contributed by atoms with van der Waals surface area (Å²) in [4.78, 5) is 0. The molecule has 0 aliphatic heterocycles. The Labute approximate surface area is 163 Å². The zero-order valence-corrected chi connectivity index (χ0v) is 19.2. The predicted octanol–water partition coefficient (Wildman–Crippen LogP) is 8.79. The summed E-state index contributed by atoms with van der Waals surface area (Å²) < 4.78 is 39.0. The van der Waals surface area contributed by atoms with Crippen LogP contribution in [0.2, 0.25) is 0 Å². The highest BCUT2D eigenvalue weighted by atomic mass is 31.0. The first kappa shape index (κ1) is 28.4. The van der Waals surface area contributed by atoms with Crippen LogP contribution in [0.25, 0.3) is 0 Å². The Hall–Kier alpha value is 0.215. The maximum Gasteiger partial charge on any atom is 0.673 e. The van der Waals surface area contributed by atoms with Crippen molar-refractivity contribution in [1.29, 1.82) is 0 Å². The van der Waals surface area contributed by atoms with Crippen molar-refractivity contribution >= 4 is 16.5 Å². The summed E-state index contributed by atoms with van der Waals surface area (Å²) in [6.07, 6.45) is 20.1. The lowest BCUT2D eigenvalue weighted by molar-refractivity contribution is 0.275. The molecular weight excluding hydrogens is 358 g/mol. The van der Waals surface area contributed by atoms with Gasteiger partial charge in [0.05, 0.1) is 5.16 Å². The highest BCUT2D eigenvalue weighted by molar-refractivity contribution is 7.19. The van der Waals surface area contributed by atoms with Crippen LogP contribution in [-0.4, -0.2) is 12.4 Å². The summed E-state index contributed by atoms with van der Waals surface area (Å²) in [5, 5.41) is 0.646. The standard InChI is InChI=1S/C20H43P.BF4/c1-5-9-13-14-16-19(15-10-6-2)20(21,17-11-7-3)18-12-8-4;2-1(3,4)5/h19H,5-18,21H2,1-4H3;/q;-1/p+1. The maximum atomic E-state index is 9.75. The summed E-state index contributed by atoms with van der Waals surface area (Å²) in [5.41, 5.74) is 0. The highest BCUT2D eigenvalue weighted by Crippen LogP contribution is 2.43. The van der Waals surface area contributed by atoms with Crippen molar-refractivity contribution in [3.05, 3.63) is 0 Å². The smallest absolute Gasteiger partial charge is 0.418 e. The summed E-state index contributed by atoms with van der Waals surface area (Å²) in [5.74, 6) is 0.991. The number of rotatable bonds is 15. The van der Waals surface area contributed by atoms with Crippen molar-refractivity contribution in [2.75, 3.05) is 0 Å². The van der Waals surface area contributed by atoms with Gasteiger partial charge in [-0.1, -0.05) is 79.1 Å². The number of unbranched alkanes of at least 4 members (excludes halogenated alkanes) is 6. The van der Waals surface area contributed by atoms with Crippen molar-refractivity contribution in [3.63, 3.8) is 0 Å². The molecular formula is C20H44BF4P. The molecule has 0 aromatic heterocycles. The molecule has 0 N–H and O–H groups in total. The minimum atomic E-state index is -6.00. The van der Waals surface area contributed by atoms with Gasteiger partial charge < -0.3 is 17.3 Å². The first-order valence-electron chi connectivity index (χ1n) is 10.9. The van der Waals surface area contributed by atoms with Crippen LogP contribution in [0.3, 0.4) is 0 Å². The molecule has 160 valence electrons. The number of halogens is 4. The topological polar surface area (TPSA) is 0 Å². The molecule has 0 rings (SSSR count). The Morgan fingerprint density at radius 2 is 1.04 bits per heavy atom. The first-order valence-corrected chi connectivity index (χ1v) is 11.6. The van der Waals surface area contributed by atoms with Crippen LogP contribution >= 0.6 is 9.24 Å². The van der Waals surface area contributed by atoms with Crippen LogP contribution in [0.5, 0.6) is 0 Å². The van der Waals surface area contributed by atoms with E-state index < -0.39 is 7.25 Å². The van der Waals surface area contributed by atoms with Gasteiger partial charge in [-0.25, -0.2) is 0 Å². The summed E-state index contributed by atoms with van der Waals surface area (Å²) in [6, 6.07) is 0. The van der Waals surface area contributed by atoms with Crippen molar-refractivity contribution < 1.29 is 17.3 Å². The van der Waals surface area contributed by atoms with Crippen LogP contribution in [0, 0.1) is 5.92 Å². The van der Waals surface area contributed by atoms with Gasteiger partial charge in [0.15, 0.2) is 0 Å². The Bertz CT molecular complexity index is 284. The second-order valence-electron chi connectivity index (χ2n) is 7.75. The van der Waals surface area contributed by atoms with Gasteiger partial charge in [-0.05, 0) is 53.7 Å². The largest absolute Gasteiger partial charge is 0.673 e. The quantitative estimate of drug-likeness (QED) is 0.111. The fourth-order valence-corrected chi connectivity index (χ4v) is 4.52. The molecule has 6 heteroatoms. The van der Waals surface area contributed by atoms with Crippen LogP contribution in [0.4, 0.5) is 17.3 Å². The lowest BCUT2D eigenvalue weighted by Gasteiger charge is -2.34. The zero-order chi connectivity index (χ0) is 20.5. The molecule has 0 nitrogen and oxygen atoms in total. The van der Waals surface area contributed by atoms with E-state index in [-0.39, 0.29) is 0 Å². The van der Waals surface area contributed by atoms with Gasteiger partial charge in [-0.3, -0.25) is 0 Å². The van der Waals surface area contributed by atoms with Crippen molar-refractivity contribution in [3.8, 4) is 0 Å². The average Bonchev–Trinajstić information content (AvgIpc) is 2.56. The molecule has 2 atom stereocenters. The number of hydrogen-bond donors (Lipinski definition) is 0. The van der Waals surface area contributed by atoms with E-state index in [1.165, 1.54) is 89.9 Å². The normalized spacial score (nSPS) is 13.4. The van der Waals surface area contributed by atoms with E-state index in [0.717, 1.165) is 5.92 Å². The Morgan fingerprint density at radius 1 is 0.654 bits per heavy atom. The fraction of sp³-hybridized carbons (Fsp3) is 1.00. The summed E-state index contributed by atoms with van der Waals surface area (Å²) >= 11 is 0. The van der Waals surface area contributed by atoms with Crippen LogP contribution in [0.1, 0.15) is 118 Å². The SMILES string of the molecule is CCCCCCC(CCCC)C([PH3+])(CCCC)CCCC.F[B-](F)(F)F. The van der Waals surface area contributed by atoms with Crippen LogP contribution in [0.15, 0.2) is 0 Å². The molecule has 2 unspecified atom stereocenters. The van der Waals surface area contributed by atoms with E-state index in [4.69, 9.17) is 0 Å². The van der Waals surface area contributed by atoms with Crippen LogP contribution in [-0.2, 0) is 0 Å². The second-order valence-corrected chi connectivity index (χ2v) is 9.16. The molecule has 0 aromatic carbocycles. The van der Waals surface area contributed by atoms with E-state index in [9.17, 15) is 17.3 Å². The number of hydrogen-bond acceptors (Lipinski definition) is 0. The zero-order valence-electron chi connectivity index (χ0n) is 17.8. The predicted molar refractivity (Wildman–Crippen MR) is 115 cm³/mol. The van der Waals surface area contributed by atoms with Gasteiger partial charge in [0.25, 0.3) is 0 Å². The van der Waals surface area contributed by atoms with E-state index in [0.29, 0.717) is 5.16 Å². The molecule has 26 heavy (non-hydrogen) atoms. The lowest BCUT2D eigenvalue weighted by Crippen LogP contribution is -2.32. The van der Waals surface area contributed by atoms with E-state index >= 15 is 0 Å². The third-order valence-electron chi connectivity index (χ3n) is 5.23. The highest BCUT2D eigenvalue weighted by Gasteiger charge is 2.36. The molecule has 0 bridgehead atoms. The third-order valence-corrected chi connectivity index (χ3v) is 6.52. The van der Waals surface area contributed by atoms with Gasteiger partial charge in [-0.15, -0.1) is 0 Å². The van der Waals surface area contributed by atoms with Gasteiger partial charge in [0.1, 0.15) is 0 Å². The minimum Gasteiger partial charge on any atom is -0.418 e. The second kappa shape index (κ2) is 17.3. The summed E-state index contributed by atoms with van der Waals surface area (Å²) in [7, 11) is -3.62. The molecule has 0 fully saturated rings. The Kier molecular flexibility index (Phi) is 18.9. The molecule has 0 spiro atoms. The van der Waals surface area contributed by atoms with Crippen molar-refractivity contribution in [1.82, 2.24) is 0 Å². The minimum absolute atomic E-state index is 0.646. The van der Waals surface area contributed by atoms with E-state index in [1.54, 1.807) is 0 Å². The fourth-order valence-electron chi connectivity index (χ4n) is 3.62. The monoisotopic (exact) mass is 402 g/mol. The Balaban J connectivity index is 0. The van der Waals surface area contributed by atoms with E-state index in [1.807, 2.05) is 0 Å². The maximum absolute atomic E-state index is 9.75. The molecule has 0 radical (unpaired) electrons. The third kappa shape index (κ3) is 19.0. The molecule has 0 heterocycles. The molecule has 0 saturated carbocycles. The van der Waals surface area contributed by atoms with Crippen LogP contribution < -0.4 is 0 Å². The molecule has 0 aliphatic rings. The first-order chi connectivity index (χ1) is 12.1. The molecule has 0 aliphatic carbocycles. The van der Waals surface area contributed by atoms with Crippen molar-refractivity contribution in [2.24, 2.45) is 5.92 Å². The Morgan fingerprint density at radius 3 is 1.42 bits per heavy atom. The van der Waals surface area contributed by atoms with Gasteiger partial charge in [-0.2, -0.15) is 0 Å². The van der Waals surface area contributed by atoms with Crippen molar-refractivity contribution in [2.45, 2.75) is 123 Å². The molecule has 0 aromatic rings. The molecule has 0 amide bonds. The van der Waals surface area contributed by atoms with E-state index in [2.05, 4.69) is 36.9 Å².